The van der Waals surface area contributed by atoms with Crippen LogP contribution in [0.5, 0.6) is 0 Å². The van der Waals surface area contributed by atoms with Crippen molar-refractivity contribution >= 4 is 5.91 Å². The summed E-state index contributed by atoms with van der Waals surface area (Å²) < 4.78 is 12.8. The summed E-state index contributed by atoms with van der Waals surface area (Å²) in [6.45, 7) is 4.85. The largest absolute Gasteiger partial charge is 0.334 e. The molecule has 3 nitrogen and oxygen atoms in total. The fourth-order valence-corrected chi connectivity index (χ4v) is 1.26. The summed E-state index contributed by atoms with van der Waals surface area (Å²) in [6.07, 6.45) is 0. The van der Waals surface area contributed by atoms with Gasteiger partial charge in [-0.15, -0.1) is 0 Å². The maximum Gasteiger partial charge on any atom is 0.252 e. The molecule has 0 aromatic heterocycles. The average molecular weight is 220 g/mol. The first-order valence-corrected chi connectivity index (χ1v) is 4.85. The molecule has 0 saturated heterocycles. The zero-order valence-corrected chi connectivity index (χ0v) is 9.47. The SMILES string of the molecule is Cc1cc(F)ccc1C(=O)NC(C)(C)C#N. The number of rotatable bonds is 2. The van der Waals surface area contributed by atoms with E-state index in [0.717, 1.165) is 0 Å². The number of carbonyl (C=O) groups excluding carboxylic acids is 1. The molecule has 0 aliphatic rings. The highest BCUT2D eigenvalue weighted by Crippen LogP contribution is 2.11. The van der Waals surface area contributed by atoms with E-state index < -0.39 is 5.54 Å². The lowest BCUT2D eigenvalue weighted by atomic mass is 10.0. The Bertz CT molecular complexity index is 461. The third kappa shape index (κ3) is 2.80. The molecule has 0 unspecified atom stereocenters. The Balaban J connectivity index is 2.95. The third-order valence-electron chi connectivity index (χ3n) is 2.14. The lowest BCUT2D eigenvalue weighted by molar-refractivity contribution is 0.0928. The summed E-state index contributed by atoms with van der Waals surface area (Å²) in [5.41, 5.74) is -0.00581. The Labute approximate surface area is 93.9 Å². The summed E-state index contributed by atoms with van der Waals surface area (Å²) in [6, 6.07) is 5.89. The van der Waals surface area contributed by atoms with Crippen LogP contribution < -0.4 is 5.32 Å². The fraction of sp³-hybridized carbons (Fsp3) is 0.333. The van der Waals surface area contributed by atoms with Crippen LogP contribution >= 0.6 is 0 Å². The molecular formula is C12H13FN2O. The van der Waals surface area contributed by atoms with Crippen LogP contribution in [0.25, 0.3) is 0 Å². The highest BCUT2D eigenvalue weighted by molar-refractivity contribution is 5.96. The second-order valence-corrected chi connectivity index (χ2v) is 4.15. The van der Waals surface area contributed by atoms with E-state index in [9.17, 15) is 9.18 Å². The highest BCUT2D eigenvalue weighted by Gasteiger charge is 2.21. The number of nitriles is 1. The van der Waals surface area contributed by atoms with Crippen molar-refractivity contribution in [1.82, 2.24) is 5.32 Å². The highest BCUT2D eigenvalue weighted by atomic mass is 19.1. The summed E-state index contributed by atoms with van der Waals surface area (Å²) >= 11 is 0. The molecule has 1 rings (SSSR count). The number of amides is 1. The van der Waals surface area contributed by atoms with Gasteiger partial charge in [-0.05, 0) is 44.5 Å². The Morgan fingerprint density at radius 1 is 1.50 bits per heavy atom. The fourth-order valence-electron chi connectivity index (χ4n) is 1.26. The van der Waals surface area contributed by atoms with Crippen molar-refractivity contribution in [3.05, 3.63) is 35.1 Å². The minimum atomic E-state index is -0.933. The number of hydrogen-bond donors (Lipinski definition) is 1. The molecule has 0 spiro atoms. The van der Waals surface area contributed by atoms with Crippen LogP contribution in [0, 0.1) is 24.1 Å². The van der Waals surface area contributed by atoms with Gasteiger partial charge >= 0.3 is 0 Å². The van der Waals surface area contributed by atoms with E-state index in [4.69, 9.17) is 5.26 Å². The molecule has 84 valence electrons. The van der Waals surface area contributed by atoms with E-state index in [0.29, 0.717) is 11.1 Å². The quantitative estimate of drug-likeness (QED) is 0.830. The van der Waals surface area contributed by atoms with Crippen LogP contribution in [0.1, 0.15) is 29.8 Å². The Kier molecular flexibility index (Phi) is 3.28. The standard InChI is InChI=1S/C12H13FN2O/c1-8-6-9(13)4-5-10(8)11(16)15-12(2,3)7-14/h4-6H,1-3H3,(H,15,16). The van der Waals surface area contributed by atoms with Crippen molar-refractivity contribution < 1.29 is 9.18 Å². The van der Waals surface area contributed by atoms with Crippen LogP contribution in [-0.4, -0.2) is 11.4 Å². The molecule has 1 aromatic carbocycles. The Hall–Kier alpha value is -1.89. The van der Waals surface area contributed by atoms with E-state index in [1.165, 1.54) is 18.2 Å². The third-order valence-corrected chi connectivity index (χ3v) is 2.14. The number of benzene rings is 1. The predicted octanol–water partition coefficient (Wildman–Crippen LogP) is 2.17. The first kappa shape index (κ1) is 12.2. The molecule has 16 heavy (non-hydrogen) atoms. The van der Waals surface area contributed by atoms with Crippen LogP contribution in [0.15, 0.2) is 18.2 Å². The van der Waals surface area contributed by atoms with Crippen LogP contribution in [0.4, 0.5) is 4.39 Å². The molecule has 0 aliphatic carbocycles. The van der Waals surface area contributed by atoms with Crippen molar-refractivity contribution in [2.45, 2.75) is 26.3 Å². The van der Waals surface area contributed by atoms with Gasteiger partial charge in [-0.2, -0.15) is 5.26 Å². The van der Waals surface area contributed by atoms with Crippen LogP contribution in [-0.2, 0) is 0 Å². The topological polar surface area (TPSA) is 52.9 Å². The molecule has 0 radical (unpaired) electrons. The zero-order chi connectivity index (χ0) is 12.3. The van der Waals surface area contributed by atoms with Gasteiger partial charge in [-0.1, -0.05) is 0 Å². The second-order valence-electron chi connectivity index (χ2n) is 4.15. The molecule has 0 heterocycles. The maximum absolute atomic E-state index is 12.8. The van der Waals surface area contributed by atoms with Gasteiger partial charge in [-0.25, -0.2) is 4.39 Å². The molecule has 0 aliphatic heterocycles. The number of halogens is 1. The number of carbonyl (C=O) groups is 1. The van der Waals surface area contributed by atoms with E-state index in [1.54, 1.807) is 20.8 Å². The molecule has 0 bridgehead atoms. The second kappa shape index (κ2) is 4.31. The summed E-state index contributed by atoms with van der Waals surface area (Å²) in [5.74, 6) is -0.752. The number of nitrogens with zero attached hydrogens (tertiary/aromatic N) is 1. The number of nitrogens with one attached hydrogen (secondary N) is 1. The van der Waals surface area contributed by atoms with Gasteiger partial charge in [0.05, 0.1) is 6.07 Å². The van der Waals surface area contributed by atoms with Crippen molar-refractivity contribution in [3.63, 3.8) is 0 Å². The molecule has 1 N–H and O–H groups in total. The van der Waals surface area contributed by atoms with E-state index in [-0.39, 0.29) is 11.7 Å². The average Bonchev–Trinajstić information content (AvgIpc) is 2.16. The molecule has 0 fully saturated rings. The van der Waals surface area contributed by atoms with Gasteiger partial charge < -0.3 is 5.32 Å². The molecule has 4 heteroatoms. The van der Waals surface area contributed by atoms with Crippen molar-refractivity contribution in [2.75, 3.05) is 0 Å². The van der Waals surface area contributed by atoms with Gasteiger partial charge in [0.2, 0.25) is 0 Å². The first-order valence-electron chi connectivity index (χ1n) is 4.85. The predicted molar refractivity (Wildman–Crippen MR) is 58.3 cm³/mol. The first-order chi connectivity index (χ1) is 7.35. The van der Waals surface area contributed by atoms with Crippen molar-refractivity contribution in [2.24, 2.45) is 0 Å². The van der Waals surface area contributed by atoms with Crippen molar-refractivity contribution in [1.29, 1.82) is 5.26 Å². The van der Waals surface area contributed by atoms with Gasteiger partial charge in [0.25, 0.3) is 5.91 Å². The zero-order valence-electron chi connectivity index (χ0n) is 9.47. The van der Waals surface area contributed by atoms with Crippen molar-refractivity contribution in [3.8, 4) is 6.07 Å². The molecule has 1 aromatic rings. The van der Waals surface area contributed by atoms with Gasteiger partial charge in [-0.3, -0.25) is 4.79 Å². The molecule has 0 saturated carbocycles. The van der Waals surface area contributed by atoms with Gasteiger partial charge in [0.15, 0.2) is 0 Å². The maximum atomic E-state index is 12.8. The number of hydrogen-bond acceptors (Lipinski definition) is 2. The van der Waals surface area contributed by atoms with Crippen LogP contribution in [0.2, 0.25) is 0 Å². The molecule has 1 amide bonds. The lowest BCUT2D eigenvalue weighted by Gasteiger charge is -2.18. The normalized spacial score (nSPS) is 10.7. The Morgan fingerprint density at radius 3 is 2.62 bits per heavy atom. The van der Waals surface area contributed by atoms with E-state index in [2.05, 4.69) is 5.32 Å². The van der Waals surface area contributed by atoms with Crippen LogP contribution in [0.3, 0.4) is 0 Å². The minimum Gasteiger partial charge on any atom is -0.334 e. The van der Waals surface area contributed by atoms with Gasteiger partial charge in [0, 0.05) is 5.56 Å². The molecular weight excluding hydrogens is 207 g/mol. The van der Waals surface area contributed by atoms with E-state index >= 15 is 0 Å². The van der Waals surface area contributed by atoms with Gasteiger partial charge in [0.1, 0.15) is 11.4 Å². The summed E-state index contributed by atoms with van der Waals surface area (Å²) in [5, 5.41) is 11.3. The summed E-state index contributed by atoms with van der Waals surface area (Å²) in [7, 11) is 0. The monoisotopic (exact) mass is 220 g/mol. The smallest absolute Gasteiger partial charge is 0.252 e. The molecule has 0 atom stereocenters. The number of aryl methyl sites for hydroxylation is 1. The summed E-state index contributed by atoms with van der Waals surface area (Å²) in [4.78, 5) is 11.8. The minimum absolute atomic E-state index is 0.371. The van der Waals surface area contributed by atoms with E-state index in [1.807, 2.05) is 6.07 Å². The Morgan fingerprint density at radius 2 is 2.12 bits per heavy atom. The lowest BCUT2D eigenvalue weighted by Crippen LogP contribution is -2.42.